The van der Waals surface area contributed by atoms with Crippen molar-refractivity contribution in [1.29, 1.82) is 5.41 Å². The molecule has 0 fully saturated rings. The van der Waals surface area contributed by atoms with Crippen LogP contribution in [0.3, 0.4) is 0 Å². The van der Waals surface area contributed by atoms with Gasteiger partial charge in [0.15, 0.2) is 11.9 Å². The first-order valence-electron chi connectivity index (χ1n) is 4.11. The summed E-state index contributed by atoms with van der Waals surface area (Å²) < 4.78 is 22.8. The van der Waals surface area contributed by atoms with Crippen LogP contribution in [0.4, 0.5) is 0 Å². The number of nitrogens with zero attached hydrogens (tertiary/aromatic N) is 1. The molecule has 0 aromatic rings. The zero-order valence-corrected chi connectivity index (χ0v) is 10.5. The van der Waals surface area contributed by atoms with E-state index in [9.17, 15) is 0 Å². The Morgan fingerprint density at radius 1 is 1.50 bits per heavy atom. The molecular formula is C6H18ClN5O3S. The average Bonchev–Trinajstić information content (AvgIpc) is 2.02. The normalized spacial score (nSPS) is 9.88. The van der Waals surface area contributed by atoms with E-state index >= 15 is 0 Å². The maximum atomic E-state index is 8.67. The lowest BCUT2D eigenvalue weighted by Gasteiger charge is -2.00. The van der Waals surface area contributed by atoms with Crippen LogP contribution >= 0.6 is 12.4 Å². The van der Waals surface area contributed by atoms with Crippen molar-refractivity contribution in [3.8, 4) is 0 Å². The summed E-state index contributed by atoms with van der Waals surface area (Å²) in [5.74, 6) is 0.0358. The Kier molecular flexibility index (Phi) is 18.1. The van der Waals surface area contributed by atoms with Crippen molar-refractivity contribution in [2.45, 2.75) is 19.8 Å². The minimum Gasteiger partial charge on any atom is -0.370 e. The lowest BCUT2D eigenvalue weighted by Crippen LogP contribution is -2.40. The summed E-state index contributed by atoms with van der Waals surface area (Å²) in [5, 5.41) is 9.20. The van der Waals surface area contributed by atoms with E-state index in [2.05, 4.69) is 17.2 Å². The number of nitrogens with two attached hydrogens (primary N) is 2. The second-order valence-corrected chi connectivity index (χ2v) is 2.85. The molecule has 0 radical (unpaired) electrons. The van der Waals surface area contributed by atoms with Gasteiger partial charge in [0.1, 0.15) is 0 Å². The van der Waals surface area contributed by atoms with E-state index in [1.807, 2.05) is 0 Å². The molecule has 0 rings (SSSR count). The Labute approximate surface area is 103 Å². The van der Waals surface area contributed by atoms with Crippen molar-refractivity contribution in [2.75, 3.05) is 6.54 Å². The van der Waals surface area contributed by atoms with Crippen LogP contribution in [0.25, 0.3) is 0 Å². The standard InChI is InChI=1S/C6H15N5.ClH.H2O3S/c1-2-3-4-10-6(9)11-5(7)8;;1-4(2)3/h2-4H2,1H3,(H6,7,8,9,10,11);1H;(H2,1,2,3). The van der Waals surface area contributed by atoms with E-state index in [1.54, 1.807) is 0 Å². The molecule has 0 heterocycles. The largest absolute Gasteiger partial charge is 0.370 e. The van der Waals surface area contributed by atoms with Gasteiger partial charge in [-0.3, -0.25) is 24.8 Å². The summed E-state index contributed by atoms with van der Waals surface area (Å²) in [6.45, 7) is 2.76. The molecular weight excluding hydrogens is 258 g/mol. The van der Waals surface area contributed by atoms with E-state index in [4.69, 9.17) is 30.2 Å². The highest BCUT2D eigenvalue weighted by atomic mass is 35.5. The minimum atomic E-state index is -2.61. The Morgan fingerprint density at radius 3 is 2.25 bits per heavy atom. The van der Waals surface area contributed by atoms with Gasteiger partial charge in [0.05, 0.1) is 0 Å². The first kappa shape index (κ1) is 20.5. The van der Waals surface area contributed by atoms with Crippen molar-refractivity contribution >= 4 is 35.7 Å². The maximum absolute atomic E-state index is 8.67. The van der Waals surface area contributed by atoms with Gasteiger partial charge in [-0.1, -0.05) is 13.3 Å². The second kappa shape index (κ2) is 14.1. The molecule has 10 heteroatoms. The van der Waals surface area contributed by atoms with Crippen molar-refractivity contribution < 1.29 is 13.3 Å². The van der Waals surface area contributed by atoms with Crippen LogP contribution in [-0.2, 0) is 11.4 Å². The molecule has 8 N–H and O–H groups in total. The van der Waals surface area contributed by atoms with Gasteiger partial charge in [0, 0.05) is 6.54 Å². The first-order chi connectivity index (χ1) is 6.90. The highest BCUT2D eigenvalue weighted by Gasteiger charge is 1.90. The number of aliphatic imine (C=N–C) groups is 1. The quantitative estimate of drug-likeness (QED) is 0.179. The Morgan fingerprint density at radius 2 is 1.94 bits per heavy atom. The molecule has 0 aromatic heterocycles. The van der Waals surface area contributed by atoms with Crippen molar-refractivity contribution in [1.82, 2.24) is 5.32 Å². The molecule has 0 aromatic carbocycles. The van der Waals surface area contributed by atoms with Gasteiger partial charge in [0.25, 0.3) is 11.4 Å². The molecule has 0 aliphatic carbocycles. The summed E-state index contributed by atoms with van der Waals surface area (Å²) in [5.41, 5.74) is 10.3. The molecule has 0 aliphatic rings. The third-order valence-corrected chi connectivity index (χ3v) is 1.06. The van der Waals surface area contributed by atoms with E-state index in [0.29, 0.717) is 6.54 Å². The lowest BCUT2D eigenvalue weighted by molar-refractivity contribution is 0.454. The van der Waals surface area contributed by atoms with Gasteiger partial charge in [-0.05, 0) is 6.42 Å². The SMILES string of the molecule is CCCCN=C(N)NC(=N)N.Cl.O=S(O)O. The Bertz CT molecular complexity index is 234. The minimum absolute atomic E-state index is 0. The number of hydrogen-bond acceptors (Lipinski definition) is 3. The van der Waals surface area contributed by atoms with E-state index < -0.39 is 11.4 Å². The van der Waals surface area contributed by atoms with Gasteiger partial charge in [-0.25, -0.2) is 0 Å². The maximum Gasteiger partial charge on any atom is 0.299 e. The van der Waals surface area contributed by atoms with E-state index in [0.717, 1.165) is 12.8 Å². The topological polar surface area (TPSA) is 158 Å². The summed E-state index contributed by atoms with van der Waals surface area (Å²) in [6, 6.07) is 0. The molecule has 8 nitrogen and oxygen atoms in total. The van der Waals surface area contributed by atoms with Crippen molar-refractivity contribution in [3.63, 3.8) is 0 Å². The first-order valence-corrected chi connectivity index (χ1v) is 5.17. The van der Waals surface area contributed by atoms with Crippen LogP contribution in [0.5, 0.6) is 0 Å². The summed E-state index contributed by atoms with van der Waals surface area (Å²) in [4.78, 5) is 3.92. The van der Waals surface area contributed by atoms with Crippen LogP contribution in [0.1, 0.15) is 19.8 Å². The molecule has 0 amide bonds. The molecule has 0 spiro atoms. The Balaban J connectivity index is -0.000000292. The number of unbranched alkanes of at least 4 members (excludes halogenated alkanes) is 1. The van der Waals surface area contributed by atoms with E-state index in [1.165, 1.54) is 0 Å². The van der Waals surface area contributed by atoms with Crippen LogP contribution in [0, 0.1) is 5.41 Å². The summed E-state index contributed by atoms with van der Waals surface area (Å²) >= 11 is -2.61. The molecule has 0 aliphatic heterocycles. The van der Waals surface area contributed by atoms with Crippen LogP contribution in [-0.4, -0.2) is 31.8 Å². The monoisotopic (exact) mass is 275 g/mol. The smallest absolute Gasteiger partial charge is 0.299 e. The summed E-state index contributed by atoms with van der Waals surface area (Å²) in [7, 11) is 0. The molecule has 0 bridgehead atoms. The average molecular weight is 276 g/mol. The zero-order chi connectivity index (χ0) is 12.3. The number of hydrogen-bond donors (Lipinski definition) is 6. The van der Waals surface area contributed by atoms with Gasteiger partial charge in [-0.15, -0.1) is 12.4 Å². The lowest BCUT2D eigenvalue weighted by atomic mass is 10.3. The Hall–Kier alpha value is -0.900. The third kappa shape index (κ3) is 29.2. The van der Waals surface area contributed by atoms with Crippen molar-refractivity contribution in [3.05, 3.63) is 0 Å². The van der Waals surface area contributed by atoms with Crippen LogP contribution in [0.2, 0.25) is 0 Å². The van der Waals surface area contributed by atoms with Gasteiger partial charge in [0.2, 0.25) is 0 Å². The molecule has 98 valence electrons. The molecule has 0 saturated heterocycles. The highest BCUT2D eigenvalue weighted by molar-refractivity contribution is 7.73. The zero-order valence-electron chi connectivity index (χ0n) is 8.84. The molecule has 16 heavy (non-hydrogen) atoms. The number of nitrogens with one attached hydrogen (secondary N) is 2. The number of halogens is 1. The molecule has 0 atom stereocenters. The summed E-state index contributed by atoms with van der Waals surface area (Å²) in [6.07, 6.45) is 2.08. The predicted octanol–water partition coefficient (Wildman–Crippen LogP) is -0.313. The predicted molar refractivity (Wildman–Crippen MR) is 67.1 cm³/mol. The van der Waals surface area contributed by atoms with Crippen molar-refractivity contribution in [2.24, 2.45) is 16.5 Å². The number of rotatable bonds is 3. The fourth-order valence-corrected chi connectivity index (χ4v) is 0.535. The van der Waals surface area contributed by atoms with Crippen LogP contribution in [0.15, 0.2) is 4.99 Å². The fraction of sp³-hybridized carbons (Fsp3) is 0.667. The van der Waals surface area contributed by atoms with Gasteiger partial charge < -0.3 is 11.5 Å². The van der Waals surface area contributed by atoms with E-state index in [-0.39, 0.29) is 24.3 Å². The number of guanidine groups is 2. The highest BCUT2D eigenvalue weighted by Crippen LogP contribution is 1.85. The second-order valence-electron chi connectivity index (χ2n) is 2.39. The fourth-order valence-electron chi connectivity index (χ4n) is 0.535. The van der Waals surface area contributed by atoms with Crippen LogP contribution < -0.4 is 16.8 Å². The molecule has 0 unspecified atom stereocenters. The van der Waals surface area contributed by atoms with Gasteiger partial charge >= 0.3 is 0 Å². The van der Waals surface area contributed by atoms with Gasteiger partial charge in [-0.2, -0.15) is 4.21 Å². The third-order valence-electron chi connectivity index (χ3n) is 1.06. The molecule has 0 saturated carbocycles.